The van der Waals surface area contributed by atoms with Gasteiger partial charge < -0.3 is 10.1 Å². The minimum atomic E-state index is -0.0473. The highest BCUT2D eigenvalue weighted by atomic mass is 35.5. The summed E-state index contributed by atoms with van der Waals surface area (Å²) >= 11 is 1.74. The molecule has 0 aliphatic carbocycles. The summed E-state index contributed by atoms with van der Waals surface area (Å²) in [5.74, 6) is 2.62. The third-order valence-electron chi connectivity index (χ3n) is 2.69. The van der Waals surface area contributed by atoms with Gasteiger partial charge in [-0.3, -0.25) is 10.1 Å². The predicted octanol–water partition coefficient (Wildman–Crippen LogP) is 1.57. The van der Waals surface area contributed by atoms with Gasteiger partial charge in [0, 0.05) is 11.6 Å². The molecule has 1 saturated heterocycles. The highest BCUT2D eigenvalue weighted by Gasteiger charge is 2.21. The fourth-order valence-corrected chi connectivity index (χ4v) is 2.68. The monoisotopic (exact) mass is 302 g/mol. The highest BCUT2D eigenvalue weighted by molar-refractivity contribution is 7.99. The molecule has 0 radical (unpaired) electrons. The molecule has 2 N–H and O–H groups in total. The first-order valence-electron chi connectivity index (χ1n) is 6.04. The van der Waals surface area contributed by atoms with E-state index in [1.54, 1.807) is 11.8 Å². The molecule has 2 rings (SSSR count). The molecular weight excluding hydrogens is 284 g/mol. The quantitative estimate of drug-likeness (QED) is 0.811. The summed E-state index contributed by atoms with van der Waals surface area (Å²) in [5.41, 5.74) is 1.17. The van der Waals surface area contributed by atoms with Gasteiger partial charge in [-0.15, -0.1) is 24.2 Å². The smallest absolute Gasteiger partial charge is 0.238 e. The lowest BCUT2D eigenvalue weighted by Crippen LogP contribution is -2.43. The molecule has 1 atom stereocenters. The molecule has 1 aliphatic heterocycles. The second-order valence-corrected chi connectivity index (χ2v) is 5.26. The largest absolute Gasteiger partial charge is 0.492 e. The van der Waals surface area contributed by atoms with Gasteiger partial charge in [0.2, 0.25) is 5.91 Å². The van der Waals surface area contributed by atoms with Crippen molar-refractivity contribution < 1.29 is 9.53 Å². The SMILES string of the molecule is Cc1cccc(OCCNC(=O)C2CSCN2)c1.Cl. The van der Waals surface area contributed by atoms with Crippen LogP contribution in [0.25, 0.3) is 0 Å². The highest BCUT2D eigenvalue weighted by Crippen LogP contribution is 2.12. The zero-order valence-corrected chi connectivity index (χ0v) is 12.5. The molecule has 6 heteroatoms. The average molecular weight is 303 g/mol. The maximum Gasteiger partial charge on any atom is 0.238 e. The molecule has 1 aliphatic rings. The zero-order valence-electron chi connectivity index (χ0n) is 10.8. The first kappa shape index (κ1) is 16.1. The maximum atomic E-state index is 11.7. The van der Waals surface area contributed by atoms with Crippen molar-refractivity contribution in [2.75, 3.05) is 24.8 Å². The van der Waals surface area contributed by atoms with Crippen molar-refractivity contribution in [2.24, 2.45) is 0 Å². The molecule has 0 spiro atoms. The van der Waals surface area contributed by atoms with Crippen LogP contribution in [0.15, 0.2) is 24.3 Å². The molecule has 1 amide bonds. The van der Waals surface area contributed by atoms with Crippen LogP contribution in [0.3, 0.4) is 0 Å². The molecule has 1 aromatic rings. The molecule has 106 valence electrons. The molecule has 4 nitrogen and oxygen atoms in total. The van der Waals surface area contributed by atoms with E-state index in [4.69, 9.17) is 4.74 Å². The van der Waals surface area contributed by atoms with Gasteiger partial charge in [0.25, 0.3) is 0 Å². The second kappa shape index (κ2) is 8.30. The molecular formula is C13H19ClN2O2S. The van der Waals surface area contributed by atoms with E-state index in [-0.39, 0.29) is 24.4 Å². The number of hydrogen-bond donors (Lipinski definition) is 2. The number of amides is 1. The second-order valence-electron chi connectivity index (χ2n) is 4.23. The molecule has 0 saturated carbocycles. The van der Waals surface area contributed by atoms with Crippen molar-refractivity contribution in [2.45, 2.75) is 13.0 Å². The summed E-state index contributed by atoms with van der Waals surface area (Å²) < 4.78 is 5.56. The van der Waals surface area contributed by atoms with Crippen molar-refractivity contribution in [1.29, 1.82) is 0 Å². The van der Waals surface area contributed by atoms with E-state index in [1.165, 1.54) is 5.56 Å². The lowest BCUT2D eigenvalue weighted by atomic mass is 10.2. The Labute approximate surface area is 124 Å². The normalized spacial score (nSPS) is 17.6. The van der Waals surface area contributed by atoms with Crippen LogP contribution >= 0.6 is 24.2 Å². The van der Waals surface area contributed by atoms with Gasteiger partial charge in [0.1, 0.15) is 12.4 Å². The van der Waals surface area contributed by atoms with Crippen molar-refractivity contribution in [3.63, 3.8) is 0 Å². The van der Waals surface area contributed by atoms with Crippen molar-refractivity contribution >= 4 is 30.1 Å². The minimum Gasteiger partial charge on any atom is -0.492 e. The van der Waals surface area contributed by atoms with Gasteiger partial charge in [0.05, 0.1) is 12.6 Å². The fraction of sp³-hybridized carbons (Fsp3) is 0.462. The Morgan fingerprint density at radius 2 is 2.42 bits per heavy atom. The third kappa shape index (κ3) is 5.30. The summed E-state index contributed by atoms with van der Waals surface area (Å²) in [6.45, 7) is 3.06. The number of nitrogens with one attached hydrogen (secondary N) is 2. The van der Waals surface area contributed by atoms with E-state index in [0.717, 1.165) is 17.4 Å². The van der Waals surface area contributed by atoms with Gasteiger partial charge in [-0.25, -0.2) is 0 Å². The number of hydrogen-bond acceptors (Lipinski definition) is 4. The number of ether oxygens (including phenoxy) is 1. The number of thioether (sulfide) groups is 1. The van der Waals surface area contributed by atoms with Crippen LogP contribution in [-0.4, -0.2) is 36.7 Å². The Hall–Kier alpha value is -0.910. The fourth-order valence-electron chi connectivity index (χ4n) is 1.74. The number of carbonyl (C=O) groups is 1. The Kier molecular flexibility index (Phi) is 7.05. The number of benzene rings is 1. The van der Waals surface area contributed by atoms with Crippen LogP contribution < -0.4 is 15.4 Å². The molecule has 0 bridgehead atoms. The van der Waals surface area contributed by atoms with E-state index >= 15 is 0 Å². The van der Waals surface area contributed by atoms with Gasteiger partial charge in [0.15, 0.2) is 0 Å². The van der Waals surface area contributed by atoms with Gasteiger partial charge in [-0.1, -0.05) is 12.1 Å². The van der Waals surface area contributed by atoms with Crippen LogP contribution in [0.5, 0.6) is 5.75 Å². The van der Waals surface area contributed by atoms with E-state index in [9.17, 15) is 4.79 Å². The summed E-state index contributed by atoms with van der Waals surface area (Å²) in [4.78, 5) is 11.7. The van der Waals surface area contributed by atoms with Crippen molar-refractivity contribution in [3.05, 3.63) is 29.8 Å². The number of carbonyl (C=O) groups excluding carboxylic acids is 1. The lowest BCUT2D eigenvalue weighted by molar-refractivity contribution is -0.122. The van der Waals surface area contributed by atoms with E-state index in [2.05, 4.69) is 10.6 Å². The molecule has 19 heavy (non-hydrogen) atoms. The summed E-state index contributed by atoms with van der Waals surface area (Å²) in [6.07, 6.45) is 0. The lowest BCUT2D eigenvalue weighted by Gasteiger charge is -2.11. The van der Waals surface area contributed by atoms with Crippen LogP contribution in [0.4, 0.5) is 0 Å². The molecule has 1 heterocycles. The van der Waals surface area contributed by atoms with E-state index in [0.29, 0.717) is 13.2 Å². The van der Waals surface area contributed by atoms with E-state index < -0.39 is 0 Å². The molecule has 1 fully saturated rings. The van der Waals surface area contributed by atoms with Gasteiger partial charge >= 0.3 is 0 Å². The van der Waals surface area contributed by atoms with Crippen LogP contribution in [0.2, 0.25) is 0 Å². The maximum absolute atomic E-state index is 11.7. The summed E-state index contributed by atoms with van der Waals surface area (Å²) in [5, 5.41) is 6.00. The minimum absolute atomic E-state index is 0. The zero-order chi connectivity index (χ0) is 12.8. The Morgan fingerprint density at radius 3 is 3.11 bits per heavy atom. The standard InChI is InChI=1S/C13H18N2O2S.ClH/c1-10-3-2-4-11(7-10)17-6-5-14-13(16)12-8-18-9-15-12;/h2-4,7,12,15H,5-6,8-9H2,1H3,(H,14,16);1H. The number of rotatable bonds is 5. The Bertz CT molecular complexity index is 411. The van der Waals surface area contributed by atoms with Crippen LogP contribution in [0, 0.1) is 6.92 Å². The summed E-state index contributed by atoms with van der Waals surface area (Å²) in [6, 6.07) is 7.84. The number of aryl methyl sites for hydroxylation is 1. The third-order valence-corrected chi connectivity index (χ3v) is 3.63. The van der Waals surface area contributed by atoms with Gasteiger partial charge in [-0.2, -0.15) is 0 Å². The summed E-state index contributed by atoms with van der Waals surface area (Å²) in [7, 11) is 0. The average Bonchev–Trinajstić information content (AvgIpc) is 2.88. The first-order chi connectivity index (χ1) is 8.75. The topological polar surface area (TPSA) is 50.4 Å². The van der Waals surface area contributed by atoms with Gasteiger partial charge in [-0.05, 0) is 24.6 Å². The Balaban J connectivity index is 0.00000180. The first-order valence-corrected chi connectivity index (χ1v) is 7.19. The van der Waals surface area contributed by atoms with Crippen molar-refractivity contribution in [1.82, 2.24) is 10.6 Å². The molecule has 1 aromatic carbocycles. The predicted molar refractivity (Wildman–Crippen MR) is 81.2 cm³/mol. The number of halogens is 1. The van der Waals surface area contributed by atoms with Crippen molar-refractivity contribution in [3.8, 4) is 5.75 Å². The molecule has 0 aromatic heterocycles. The molecule has 1 unspecified atom stereocenters. The van der Waals surface area contributed by atoms with E-state index in [1.807, 2.05) is 31.2 Å². The Morgan fingerprint density at radius 1 is 1.58 bits per heavy atom. The van der Waals surface area contributed by atoms with Crippen LogP contribution in [0.1, 0.15) is 5.56 Å². The van der Waals surface area contributed by atoms with Crippen LogP contribution in [-0.2, 0) is 4.79 Å².